The summed E-state index contributed by atoms with van der Waals surface area (Å²) in [6.45, 7) is 6.09. The highest BCUT2D eigenvalue weighted by molar-refractivity contribution is 7.14. The molecule has 1 aromatic heterocycles. The molecular formula is C35H32ClN5O4S. The SMILES string of the molecule is CCOc1cc(/C=N\NC(=O)c2ccc(-c3csc(Nc4ccc(Cl)cc4)n3)cc2)ccc1OCC(=O)Nc1ccc(C)c(C)c1. The number of rotatable bonds is 12. The summed E-state index contributed by atoms with van der Waals surface area (Å²) in [6.07, 6.45) is 1.51. The van der Waals surface area contributed by atoms with E-state index in [0.29, 0.717) is 39.9 Å². The number of carbonyl (C=O) groups is 2. The van der Waals surface area contributed by atoms with Gasteiger partial charge in [-0.15, -0.1) is 11.3 Å². The van der Waals surface area contributed by atoms with Gasteiger partial charge in [0.2, 0.25) is 0 Å². The Labute approximate surface area is 276 Å². The maximum Gasteiger partial charge on any atom is 0.271 e. The molecule has 0 saturated carbocycles. The molecular weight excluding hydrogens is 622 g/mol. The predicted molar refractivity (Wildman–Crippen MR) is 185 cm³/mol. The van der Waals surface area contributed by atoms with Gasteiger partial charge in [0.25, 0.3) is 11.8 Å². The number of hydrogen-bond donors (Lipinski definition) is 3. The highest BCUT2D eigenvalue weighted by Gasteiger charge is 2.11. The Morgan fingerprint density at radius 1 is 0.891 bits per heavy atom. The van der Waals surface area contributed by atoms with Gasteiger partial charge >= 0.3 is 0 Å². The highest BCUT2D eigenvalue weighted by atomic mass is 35.5. The molecule has 11 heteroatoms. The van der Waals surface area contributed by atoms with Crippen LogP contribution in [0.1, 0.15) is 34.0 Å². The van der Waals surface area contributed by atoms with Crippen molar-refractivity contribution in [1.29, 1.82) is 0 Å². The van der Waals surface area contributed by atoms with E-state index in [-0.39, 0.29) is 18.4 Å². The van der Waals surface area contributed by atoms with Crippen molar-refractivity contribution >= 4 is 57.5 Å². The van der Waals surface area contributed by atoms with E-state index in [1.165, 1.54) is 17.6 Å². The summed E-state index contributed by atoms with van der Waals surface area (Å²) in [4.78, 5) is 29.8. The summed E-state index contributed by atoms with van der Waals surface area (Å²) in [5.74, 6) is 0.243. The van der Waals surface area contributed by atoms with Crippen molar-refractivity contribution in [3.8, 4) is 22.8 Å². The van der Waals surface area contributed by atoms with Crippen molar-refractivity contribution in [2.75, 3.05) is 23.8 Å². The minimum atomic E-state index is -0.356. The second kappa shape index (κ2) is 15.2. The Morgan fingerprint density at radius 3 is 2.39 bits per heavy atom. The summed E-state index contributed by atoms with van der Waals surface area (Å²) < 4.78 is 11.5. The molecule has 0 spiro atoms. The lowest BCUT2D eigenvalue weighted by Crippen LogP contribution is -2.20. The zero-order valence-electron chi connectivity index (χ0n) is 25.5. The van der Waals surface area contributed by atoms with Crippen LogP contribution in [-0.2, 0) is 4.79 Å². The first-order valence-corrected chi connectivity index (χ1v) is 15.7. The predicted octanol–water partition coefficient (Wildman–Crippen LogP) is 8.00. The number of aryl methyl sites for hydroxylation is 2. The lowest BCUT2D eigenvalue weighted by molar-refractivity contribution is -0.118. The molecule has 0 aliphatic carbocycles. The smallest absolute Gasteiger partial charge is 0.271 e. The molecule has 0 fully saturated rings. The third-order valence-corrected chi connectivity index (χ3v) is 7.85. The van der Waals surface area contributed by atoms with Crippen LogP contribution in [0, 0.1) is 13.8 Å². The third kappa shape index (κ3) is 8.71. The number of ether oxygens (including phenoxy) is 2. The average Bonchev–Trinajstić information content (AvgIpc) is 3.52. The maximum absolute atomic E-state index is 12.7. The lowest BCUT2D eigenvalue weighted by Gasteiger charge is -2.13. The third-order valence-electron chi connectivity index (χ3n) is 6.84. The number of amides is 2. The van der Waals surface area contributed by atoms with E-state index in [1.807, 2.05) is 80.7 Å². The van der Waals surface area contributed by atoms with Crippen molar-refractivity contribution in [1.82, 2.24) is 10.4 Å². The fraction of sp³-hybridized carbons (Fsp3) is 0.143. The number of nitrogens with one attached hydrogen (secondary N) is 3. The number of aromatic nitrogens is 1. The standard InChI is InChI=1S/C35H32ClN5O4S/c1-4-44-32-18-24(6-16-31(32)45-20-33(42)38-29-13-5-22(2)23(3)17-29)19-37-41-34(43)26-9-7-25(8-10-26)30-21-46-35(40-30)39-28-14-11-27(36)12-15-28/h5-19,21H,4,20H2,1-3H3,(H,38,42)(H,39,40)(H,41,43)/b37-19-. The molecule has 234 valence electrons. The summed E-state index contributed by atoms with van der Waals surface area (Å²) in [5, 5.41) is 13.6. The largest absolute Gasteiger partial charge is 0.490 e. The minimum Gasteiger partial charge on any atom is -0.490 e. The van der Waals surface area contributed by atoms with Gasteiger partial charge in [-0.1, -0.05) is 29.8 Å². The number of hydrogen-bond acceptors (Lipinski definition) is 8. The first-order chi connectivity index (χ1) is 22.3. The molecule has 5 aromatic rings. The molecule has 0 aliphatic heterocycles. The molecule has 1 heterocycles. The van der Waals surface area contributed by atoms with Gasteiger partial charge in [0.15, 0.2) is 23.2 Å². The first kappa shape index (κ1) is 32.2. The number of benzene rings is 4. The van der Waals surface area contributed by atoms with Gasteiger partial charge in [0, 0.05) is 32.9 Å². The Hall–Kier alpha value is -5.19. The quantitative estimate of drug-likeness (QED) is 0.0929. The van der Waals surface area contributed by atoms with Crippen molar-refractivity contribution in [3.05, 3.63) is 118 Å². The van der Waals surface area contributed by atoms with Gasteiger partial charge in [0.1, 0.15) is 0 Å². The zero-order chi connectivity index (χ0) is 32.5. The van der Waals surface area contributed by atoms with Crippen LogP contribution in [0.4, 0.5) is 16.5 Å². The zero-order valence-corrected chi connectivity index (χ0v) is 27.0. The number of carbonyl (C=O) groups excluding carboxylic acids is 2. The number of hydrazone groups is 1. The average molecular weight is 654 g/mol. The van der Waals surface area contributed by atoms with E-state index in [4.69, 9.17) is 21.1 Å². The Morgan fingerprint density at radius 2 is 1.65 bits per heavy atom. The summed E-state index contributed by atoms with van der Waals surface area (Å²) in [7, 11) is 0. The van der Waals surface area contributed by atoms with Crippen LogP contribution >= 0.6 is 22.9 Å². The molecule has 2 amide bonds. The molecule has 9 nitrogen and oxygen atoms in total. The number of thiazole rings is 1. The van der Waals surface area contributed by atoms with Gasteiger partial charge in [0.05, 0.1) is 18.5 Å². The molecule has 4 aromatic carbocycles. The monoisotopic (exact) mass is 653 g/mol. The van der Waals surface area contributed by atoms with E-state index >= 15 is 0 Å². The van der Waals surface area contributed by atoms with Gasteiger partial charge in [-0.05, 0) is 104 Å². The second-order valence-corrected chi connectivity index (χ2v) is 11.5. The molecule has 0 bridgehead atoms. The van der Waals surface area contributed by atoms with E-state index < -0.39 is 0 Å². The van der Waals surface area contributed by atoms with Crippen LogP contribution in [0.3, 0.4) is 0 Å². The van der Waals surface area contributed by atoms with Crippen LogP contribution < -0.4 is 25.5 Å². The fourth-order valence-corrected chi connectivity index (χ4v) is 5.16. The van der Waals surface area contributed by atoms with Crippen LogP contribution in [-0.4, -0.2) is 36.2 Å². The second-order valence-electron chi connectivity index (χ2n) is 10.2. The lowest BCUT2D eigenvalue weighted by atomic mass is 10.1. The van der Waals surface area contributed by atoms with E-state index in [0.717, 1.165) is 33.2 Å². The topological polar surface area (TPSA) is 114 Å². The molecule has 46 heavy (non-hydrogen) atoms. The Kier molecular flexibility index (Phi) is 10.6. The number of anilines is 3. The van der Waals surface area contributed by atoms with Gasteiger partial charge < -0.3 is 20.1 Å². The maximum atomic E-state index is 12.7. The van der Waals surface area contributed by atoms with Crippen molar-refractivity contribution in [2.45, 2.75) is 20.8 Å². The van der Waals surface area contributed by atoms with Crippen LogP contribution in [0.2, 0.25) is 5.02 Å². The van der Waals surface area contributed by atoms with E-state index in [9.17, 15) is 9.59 Å². The van der Waals surface area contributed by atoms with Gasteiger partial charge in [-0.2, -0.15) is 5.10 Å². The van der Waals surface area contributed by atoms with Crippen molar-refractivity contribution in [3.63, 3.8) is 0 Å². The van der Waals surface area contributed by atoms with Gasteiger partial charge in [-0.25, -0.2) is 10.4 Å². The van der Waals surface area contributed by atoms with E-state index in [1.54, 1.807) is 30.3 Å². The normalized spacial score (nSPS) is 10.9. The number of nitrogens with zero attached hydrogens (tertiary/aromatic N) is 2. The summed E-state index contributed by atoms with van der Waals surface area (Å²) in [6, 6.07) is 25.5. The molecule has 0 unspecified atom stereocenters. The van der Waals surface area contributed by atoms with Crippen molar-refractivity contribution in [2.24, 2.45) is 5.10 Å². The number of halogens is 1. The first-order valence-electron chi connectivity index (χ1n) is 14.5. The van der Waals surface area contributed by atoms with Crippen LogP contribution in [0.5, 0.6) is 11.5 Å². The Bertz CT molecular complexity index is 1860. The highest BCUT2D eigenvalue weighted by Crippen LogP contribution is 2.29. The molecule has 0 aliphatic rings. The van der Waals surface area contributed by atoms with Crippen molar-refractivity contribution < 1.29 is 19.1 Å². The fourth-order valence-electron chi connectivity index (χ4n) is 4.29. The molecule has 0 saturated heterocycles. The summed E-state index contributed by atoms with van der Waals surface area (Å²) >= 11 is 7.44. The minimum absolute atomic E-state index is 0.181. The Balaban J connectivity index is 1.14. The van der Waals surface area contributed by atoms with E-state index in [2.05, 4.69) is 26.1 Å². The van der Waals surface area contributed by atoms with Crippen LogP contribution in [0.25, 0.3) is 11.3 Å². The van der Waals surface area contributed by atoms with Crippen LogP contribution in [0.15, 0.2) is 95.4 Å². The summed E-state index contributed by atoms with van der Waals surface area (Å²) in [5.41, 5.74) is 9.21. The molecule has 3 N–H and O–H groups in total. The van der Waals surface area contributed by atoms with Gasteiger partial charge in [-0.3, -0.25) is 9.59 Å². The molecule has 0 atom stereocenters. The molecule has 5 rings (SSSR count). The molecule has 0 radical (unpaired) electrons.